The minimum atomic E-state index is 0.466. The van der Waals surface area contributed by atoms with Crippen molar-refractivity contribution in [2.24, 2.45) is 0 Å². The lowest BCUT2D eigenvalue weighted by atomic mass is 10.1. The van der Waals surface area contributed by atoms with Crippen LogP contribution in [0.4, 0.5) is 0 Å². The number of rotatable bonds is 6. The zero-order chi connectivity index (χ0) is 16.2. The molecule has 0 bridgehead atoms. The molecule has 0 fully saturated rings. The molecule has 0 radical (unpaired) electrons. The van der Waals surface area contributed by atoms with Crippen LogP contribution in [0, 0.1) is 13.8 Å². The Kier molecular flexibility index (Phi) is 5.04. The van der Waals surface area contributed by atoms with Gasteiger partial charge in [-0.05, 0) is 37.5 Å². The highest BCUT2D eigenvalue weighted by molar-refractivity contribution is 8.00. The summed E-state index contributed by atoms with van der Waals surface area (Å²) in [5, 5.41) is 8.67. The van der Waals surface area contributed by atoms with Crippen LogP contribution in [0.5, 0.6) is 0 Å². The zero-order valence-electron chi connectivity index (χ0n) is 13.1. The monoisotopic (exact) mass is 348 g/mol. The molecule has 3 aromatic rings. The molecule has 0 saturated heterocycles. The van der Waals surface area contributed by atoms with E-state index in [1.807, 2.05) is 26.0 Å². The van der Waals surface area contributed by atoms with Gasteiger partial charge in [0.05, 0.1) is 6.61 Å². The van der Waals surface area contributed by atoms with Gasteiger partial charge in [0, 0.05) is 30.9 Å². The second-order valence-corrected chi connectivity index (χ2v) is 7.02. The molecule has 0 amide bonds. The third kappa shape index (κ3) is 4.15. The molecule has 0 atom stereocenters. The smallest absolute Gasteiger partial charge is 0.284 e. The molecule has 6 nitrogen and oxygen atoms in total. The summed E-state index contributed by atoms with van der Waals surface area (Å²) in [6, 6.07) is 6.17. The van der Waals surface area contributed by atoms with Crippen molar-refractivity contribution in [1.82, 2.24) is 19.6 Å². The average molecular weight is 348 g/mol. The van der Waals surface area contributed by atoms with Crippen LogP contribution in [0.1, 0.15) is 17.0 Å². The summed E-state index contributed by atoms with van der Waals surface area (Å²) in [6.45, 7) is 4.70. The van der Waals surface area contributed by atoms with E-state index >= 15 is 0 Å². The fourth-order valence-electron chi connectivity index (χ4n) is 2.11. The molecule has 120 valence electrons. The van der Waals surface area contributed by atoms with Gasteiger partial charge in [-0.25, -0.2) is 4.98 Å². The molecule has 2 heterocycles. The van der Waals surface area contributed by atoms with Gasteiger partial charge in [-0.1, -0.05) is 17.2 Å². The number of benzene rings is 1. The van der Waals surface area contributed by atoms with E-state index in [2.05, 4.69) is 25.6 Å². The van der Waals surface area contributed by atoms with Crippen LogP contribution in [-0.4, -0.2) is 33.3 Å². The maximum Gasteiger partial charge on any atom is 0.284 e. The van der Waals surface area contributed by atoms with Crippen LogP contribution in [0.2, 0.25) is 0 Å². The highest BCUT2D eigenvalue weighted by Gasteiger charge is 2.13. The lowest BCUT2D eigenvalue weighted by Gasteiger charge is -1.99. The number of hydrogen-bond donors (Lipinski definition) is 0. The van der Waals surface area contributed by atoms with Crippen LogP contribution in [0.25, 0.3) is 11.5 Å². The Labute approximate surface area is 142 Å². The third-order valence-electron chi connectivity index (χ3n) is 3.03. The molecule has 0 N–H and O–H groups in total. The number of aryl methyl sites for hydroxylation is 2. The summed E-state index contributed by atoms with van der Waals surface area (Å²) in [6.07, 6.45) is 0.700. The molecule has 0 saturated carbocycles. The predicted octanol–water partition coefficient (Wildman–Crippen LogP) is 3.55. The number of hydrogen-bond acceptors (Lipinski definition) is 8. The minimum Gasteiger partial charge on any atom is -0.411 e. The highest BCUT2D eigenvalue weighted by atomic mass is 32.2. The second kappa shape index (κ2) is 7.20. The first-order valence-corrected chi connectivity index (χ1v) is 8.64. The Morgan fingerprint density at radius 3 is 2.70 bits per heavy atom. The van der Waals surface area contributed by atoms with Gasteiger partial charge in [-0.15, -0.1) is 10.2 Å². The van der Waals surface area contributed by atoms with Crippen LogP contribution in [-0.2, 0) is 11.2 Å². The van der Waals surface area contributed by atoms with Crippen molar-refractivity contribution in [3.05, 3.63) is 35.2 Å². The molecule has 0 spiro atoms. The Morgan fingerprint density at radius 2 is 1.96 bits per heavy atom. The van der Waals surface area contributed by atoms with Gasteiger partial charge in [-0.3, -0.25) is 0 Å². The van der Waals surface area contributed by atoms with Gasteiger partial charge in [0.2, 0.25) is 5.89 Å². The fraction of sp³-hybridized carbons (Fsp3) is 0.333. The van der Waals surface area contributed by atoms with Gasteiger partial charge in [-0.2, -0.15) is 4.37 Å². The molecular formula is C15H16N4O2S2. The molecule has 0 aliphatic rings. The van der Waals surface area contributed by atoms with E-state index in [-0.39, 0.29) is 0 Å². The SMILES string of the molecule is COCCc1nsc(Sc2nnc(-c3cc(C)cc(C)c3)o2)n1. The quantitative estimate of drug-likeness (QED) is 0.674. The van der Waals surface area contributed by atoms with Crippen molar-refractivity contribution in [2.45, 2.75) is 29.8 Å². The van der Waals surface area contributed by atoms with Gasteiger partial charge < -0.3 is 9.15 Å². The van der Waals surface area contributed by atoms with Gasteiger partial charge in [0.25, 0.3) is 5.22 Å². The third-order valence-corrected chi connectivity index (χ3v) is 4.66. The lowest BCUT2D eigenvalue weighted by Crippen LogP contribution is -1.95. The molecule has 8 heteroatoms. The Morgan fingerprint density at radius 1 is 1.17 bits per heavy atom. The normalized spacial score (nSPS) is 11.1. The van der Waals surface area contributed by atoms with Crippen LogP contribution < -0.4 is 0 Å². The summed E-state index contributed by atoms with van der Waals surface area (Å²) in [5.41, 5.74) is 3.26. The molecular weight excluding hydrogens is 332 g/mol. The van der Waals surface area contributed by atoms with E-state index in [1.54, 1.807) is 7.11 Å². The fourth-order valence-corrected chi connectivity index (χ4v) is 3.55. The topological polar surface area (TPSA) is 73.9 Å². The molecule has 0 aliphatic carbocycles. The number of aromatic nitrogens is 4. The van der Waals surface area contributed by atoms with E-state index in [0.717, 1.165) is 15.7 Å². The standard InChI is InChI=1S/C15H16N4O2S2/c1-9-6-10(2)8-11(7-9)13-17-18-14(21-13)22-15-16-12(19-23-15)4-5-20-3/h6-8H,4-5H2,1-3H3. The maximum absolute atomic E-state index is 5.73. The summed E-state index contributed by atoms with van der Waals surface area (Å²) < 4.78 is 15.8. The van der Waals surface area contributed by atoms with Gasteiger partial charge in [0.1, 0.15) is 5.82 Å². The first kappa shape index (κ1) is 16.1. The van der Waals surface area contributed by atoms with E-state index in [4.69, 9.17) is 9.15 Å². The maximum atomic E-state index is 5.73. The molecule has 23 heavy (non-hydrogen) atoms. The van der Waals surface area contributed by atoms with E-state index in [0.29, 0.717) is 24.1 Å². The van der Waals surface area contributed by atoms with Crippen molar-refractivity contribution >= 4 is 23.3 Å². The molecule has 2 aromatic heterocycles. The van der Waals surface area contributed by atoms with Crippen molar-refractivity contribution < 1.29 is 9.15 Å². The van der Waals surface area contributed by atoms with Gasteiger partial charge in [0.15, 0.2) is 4.34 Å². The zero-order valence-corrected chi connectivity index (χ0v) is 14.7. The Balaban J connectivity index is 1.73. The Bertz CT molecular complexity index is 780. The summed E-state index contributed by atoms with van der Waals surface area (Å²) in [7, 11) is 1.66. The average Bonchev–Trinajstić information content (AvgIpc) is 3.14. The van der Waals surface area contributed by atoms with Crippen LogP contribution in [0.3, 0.4) is 0 Å². The lowest BCUT2D eigenvalue weighted by molar-refractivity contribution is 0.200. The molecule has 3 rings (SSSR count). The number of nitrogens with zero attached hydrogens (tertiary/aromatic N) is 4. The van der Waals surface area contributed by atoms with Crippen LogP contribution >= 0.6 is 23.3 Å². The Hall–Kier alpha value is -1.77. The largest absolute Gasteiger partial charge is 0.411 e. The first-order chi connectivity index (χ1) is 11.1. The highest BCUT2D eigenvalue weighted by Crippen LogP contribution is 2.30. The first-order valence-electron chi connectivity index (χ1n) is 7.05. The second-order valence-electron chi connectivity index (χ2n) is 5.07. The minimum absolute atomic E-state index is 0.466. The van der Waals surface area contributed by atoms with Crippen molar-refractivity contribution in [2.75, 3.05) is 13.7 Å². The van der Waals surface area contributed by atoms with Crippen molar-refractivity contribution in [3.63, 3.8) is 0 Å². The van der Waals surface area contributed by atoms with Gasteiger partial charge >= 0.3 is 0 Å². The van der Waals surface area contributed by atoms with Crippen molar-refractivity contribution in [1.29, 1.82) is 0 Å². The van der Waals surface area contributed by atoms with Crippen LogP contribution in [0.15, 0.2) is 32.2 Å². The summed E-state index contributed by atoms with van der Waals surface area (Å²) >= 11 is 2.65. The molecule has 1 aromatic carbocycles. The predicted molar refractivity (Wildman–Crippen MR) is 88.8 cm³/mol. The van der Waals surface area contributed by atoms with E-state index in [9.17, 15) is 0 Å². The number of ether oxygens (including phenoxy) is 1. The molecule has 0 aliphatic heterocycles. The molecule has 0 unspecified atom stereocenters. The van der Waals surface area contributed by atoms with Crippen molar-refractivity contribution in [3.8, 4) is 11.5 Å². The summed E-state index contributed by atoms with van der Waals surface area (Å²) in [5.74, 6) is 1.29. The number of methoxy groups -OCH3 is 1. The van der Waals surface area contributed by atoms with E-state index < -0.39 is 0 Å². The summed E-state index contributed by atoms with van der Waals surface area (Å²) in [4.78, 5) is 4.42. The van der Waals surface area contributed by atoms with E-state index in [1.165, 1.54) is 34.4 Å².